The first kappa shape index (κ1) is 10.8. The lowest BCUT2D eigenvalue weighted by Crippen LogP contribution is -2.36. The Labute approximate surface area is 93.6 Å². The number of fused-ring (bicyclic) bond motifs is 1. The van der Waals surface area contributed by atoms with E-state index in [9.17, 15) is 9.59 Å². The van der Waals surface area contributed by atoms with Gasteiger partial charge in [0.15, 0.2) is 0 Å². The van der Waals surface area contributed by atoms with Crippen LogP contribution in [-0.2, 0) is 4.79 Å². The molecule has 0 aromatic carbocycles. The Balaban J connectivity index is 1.79. The molecule has 2 N–H and O–H groups in total. The summed E-state index contributed by atoms with van der Waals surface area (Å²) in [7, 11) is 0. The Morgan fingerprint density at radius 3 is 3.07 bits per heavy atom. The van der Waals surface area contributed by atoms with E-state index in [1.54, 1.807) is 6.92 Å². The number of ketones is 1. The number of thioether (sulfide) groups is 1. The molecule has 2 fully saturated rings. The molecule has 2 saturated heterocycles. The van der Waals surface area contributed by atoms with Gasteiger partial charge in [-0.3, -0.25) is 0 Å². The van der Waals surface area contributed by atoms with Crippen LogP contribution in [0.25, 0.3) is 0 Å². The van der Waals surface area contributed by atoms with Crippen LogP contribution in [0.2, 0.25) is 0 Å². The third-order valence-corrected chi connectivity index (χ3v) is 4.46. The summed E-state index contributed by atoms with van der Waals surface area (Å²) in [6, 6.07) is 0.529. The van der Waals surface area contributed by atoms with Gasteiger partial charge in [-0.05, 0) is 19.8 Å². The molecular weight excluding hydrogens is 212 g/mol. The van der Waals surface area contributed by atoms with Crippen LogP contribution in [0.1, 0.15) is 26.2 Å². The summed E-state index contributed by atoms with van der Waals surface area (Å²) in [6.45, 7) is 1.63. The maximum absolute atomic E-state index is 11.1. The largest absolute Gasteiger partial charge is 0.332 e. The highest BCUT2D eigenvalue weighted by molar-refractivity contribution is 8.00. The molecule has 0 saturated carbocycles. The molecule has 0 aromatic heterocycles. The Hall–Kier alpha value is -0.710. The molecule has 84 valence electrons. The molecule has 15 heavy (non-hydrogen) atoms. The number of nitrogens with one attached hydrogen (secondary N) is 2. The molecule has 2 aliphatic rings. The zero-order valence-corrected chi connectivity index (χ0v) is 9.60. The number of amides is 2. The highest BCUT2D eigenvalue weighted by Gasteiger charge is 2.42. The van der Waals surface area contributed by atoms with Crippen molar-refractivity contribution in [3.05, 3.63) is 0 Å². The first-order valence-electron chi connectivity index (χ1n) is 5.35. The van der Waals surface area contributed by atoms with Gasteiger partial charge in [0.2, 0.25) is 0 Å². The van der Waals surface area contributed by atoms with Gasteiger partial charge in [0.1, 0.15) is 5.78 Å². The minimum atomic E-state index is -0.0399. The van der Waals surface area contributed by atoms with Crippen molar-refractivity contribution in [3.63, 3.8) is 0 Å². The van der Waals surface area contributed by atoms with E-state index in [1.165, 1.54) is 0 Å². The zero-order valence-electron chi connectivity index (χ0n) is 8.79. The van der Waals surface area contributed by atoms with Gasteiger partial charge in [0, 0.05) is 17.4 Å². The minimum absolute atomic E-state index is 0.0399. The van der Waals surface area contributed by atoms with Crippen LogP contribution in [0.4, 0.5) is 4.79 Å². The number of rotatable bonds is 4. The van der Waals surface area contributed by atoms with Gasteiger partial charge in [0.25, 0.3) is 0 Å². The Morgan fingerprint density at radius 2 is 2.33 bits per heavy atom. The summed E-state index contributed by atoms with van der Waals surface area (Å²) in [5.41, 5.74) is 0. The monoisotopic (exact) mass is 228 g/mol. The summed E-state index contributed by atoms with van der Waals surface area (Å²) in [6.07, 6.45) is 2.62. The lowest BCUT2D eigenvalue weighted by atomic mass is 10.0. The van der Waals surface area contributed by atoms with E-state index in [1.807, 2.05) is 11.8 Å². The first-order chi connectivity index (χ1) is 7.16. The Bertz CT molecular complexity index is 283. The molecule has 2 rings (SSSR count). The van der Waals surface area contributed by atoms with Crippen molar-refractivity contribution < 1.29 is 9.59 Å². The SMILES string of the molecule is CC(=O)CCCC1SCC2NC(=O)NC21. The highest BCUT2D eigenvalue weighted by atomic mass is 32.2. The van der Waals surface area contributed by atoms with E-state index >= 15 is 0 Å². The summed E-state index contributed by atoms with van der Waals surface area (Å²) in [5, 5.41) is 6.34. The third kappa shape index (κ3) is 2.45. The fraction of sp³-hybridized carbons (Fsp3) is 0.800. The van der Waals surface area contributed by atoms with E-state index < -0.39 is 0 Å². The quantitative estimate of drug-likeness (QED) is 0.703. The van der Waals surface area contributed by atoms with Gasteiger partial charge in [-0.2, -0.15) is 11.8 Å². The lowest BCUT2D eigenvalue weighted by molar-refractivity contribution is -0.117. The van der Waals surface area contributed by atoms with Gasteiger partial charge in [-0.1, -0.05) is 0 Å². The van der Waals surface area contributed by atoms with Crippen LogP contribution in [0.15, 0.2) is 0 Å². The molecule has 0 aromatic rings. The summed E-state index contributed by atoms with van der Waals surface area (Å²) in [4.78, 5) is 21.9. The number of hydrogen-bond acceptors (Lipinski definition) is 3. The van der Waals surface area contributed by atoms with E-state index in [2.05, 4.69) is 10.6 Å². The Morgan fingerprint density at radius 1 is 1.53 bits per heavy atom. The first-order valence-corrected chi connectivity index (χ1v) is 6.40. The molecule has 2 heterocycles. The zero-order chi connectivity index (χ0) is 10.8. The van der Waals surface area contributed by atoms with Gasteiger partial charge >= 0.3 is 6.03 Å². The van der Waals surface area contributed by atoms with E-state index in [-0.39, 0.29) is 17.9 Å². The van der Waals surface area contributed by atoms with Gasteiger partial charge < -0.3 is 15.4 Å². The number of Topliss-reactive ketones (excluding diaryl/α,β-unsaturated/α-hetero) is 1. The predicted molar refractivity (Wildman–Crippen MR) is 60.0 cm³/mol. The molecule has 4 nitrogen and oxygen atoms in total. The standard InChI is InChI=1S/C10H16N2O2S/c1-6(13)3-2-4-8-9-7(5-15-8)11-10(14)12-9/h7-9H,2-5H2,1H3,(H2,11,12,14). The fourth-order valence-corrected chi connectivity index (χ4v) is 3.74. The average molecular weight is 228 g/mol. The second-order valence-electron chi connectivity index (χ2n) is 4.22. The van der Waals surface area contributed by atoms with Crippen LogP contribution < -0.4 is 10.6 Å². The second-order valence-corrected chi connectivity index (χ2v) is 5.49. The normalized spacial score (nSPS) is 33.4. The number of carbonyl (C=O) groups excluding carboxylic acids is 2. The smallest absolute Gasteiger partial charge is 0.315 e. The predicted octanol–water partition coefficient (Wildman–Crippen LogP) is 0.911. The van der Waals surface area contributed by atoms with Crippen LogP contribution in [0, 0.1) is 0 Å². The van der Waals surface area contributed by atoms with Crippen LogP contribution in [0.3, 0.4) is 0 Å². The van der Waals surface area contributed by atoms with Crippen molar-refractivity contribution in [3.8, 4) is 0 Å². The van der Waals surface area contributed by atoms with Gasteiger partial charge in [0.05, 0.1) is 12.1 Å². The van der Waals surface area contributed by atoms with Crippen molar-refractivity contribution in [2.24, 2.45) is 0 Å². The van der Waals surface area contributed by atoms with Crippen molar-refractivity contribution in [2.75, 3.05) is 5.75 Å². The molecule has 0 radical (unpaired) electrons. The lowest BCUT2D eigenvalue weighted by Gasteiger charge is -2.15. The number of carbonyl (C=O) groups is 2. The molecule has 0 aliphatic carbocycles. The summed E-state index contributed by atoms with van der Waals surface area (Å²) in [5.74, 6) is 1.25. The Kier molecular flexibility index (Phi) is 3.19. The molecular formula is C10H16N2O2S. The van der Waals surface area contributed by atoms with Crippen molar-refractivity contribution in [2.45, 2.75) is 43.5 Å². The minimum Gasteiger partial charge on any atom is -0.332 e. The summed E-state index contributed by atoms with van der Waals surface area (Å²) < 4.78 is 0. The maximum atomic E-state index is 11.1. The van der Waals surface area contributed by atoms with Crippen LogP contribution in [0.5, 0.6) is 0 Å². The molecule has 0 bridgehead atoms. The molecule has 3 unspecified atom stereocenters. The van der Waals surface area contributed by atoms with Gasteiger partial charge in [-0.15, -0.1) is 0 Å². The van der Waals surface area contributed by atoms with Crippen LogP contribution in [-0.4, -0.2) is 34.9 Å². The fourth-order valence-electron chi connectivity index (χ4n) is 2.20. The number of hydrogen-bond donors (Lipinski definition) is 2. The van der Waals surface area contributed by atoms with Crippen molar-refractivity contribution in [1.29, 1.82) is 0 Å². The maximum Gasteiger partial charge on any atom is 0.315 e. The van der Waals surface area contributed by atoms with Gasteiger partial charge in [-0.25, -0.2) is 4.79 Å². The third-order valence-electron chi connectivity index (χ3n) is 2.96. The summed E-state index contributed by atoms with van der Waals surface area (Å²) >= 11 is 1.90. The molecule has 5 heteroatoms. The highest BCUT2D eigenvalue weighted by Crippen LogP contribution is 2.32. The average Bonchev–Trinajstić information content (AvgIpc) is 2.65. The number of urea groups is 1. The van der Waals surface area contributed by atoms with Crippen molar-refractivity contribution >= 4 is 23.6 Å². The van der Waals surface area contributed by atoms with E-state index in [4.69, 9.17) is 0 Å². The topological polar surface area (TPSA) is 58.2 Å². The molecule has 2 aliphatic heterocycles. The van der Waals surface area contributed by atoms with Crippen LogP contribution >= 0.6 is 11.8 Å². The molecule has 0 spiro atoms. The van der Waals surface area contributed by atoms with E-state index in [0.717, 1.165) is 18.6 Å². The molecule has 2 amide bonds. The molecule has 3 atom stereocenters. The van der Waals surface area contributed by atoms with E-state index in [0.29, 0.717) is 17.7 Å². The second kappa shape index (κ2) is 4.43. The van der Waals surface area contributed by atoms with Crippen molar-refractivity contribution in [1.82, 2.24) is 10.6 Å².